The van der Waals surface area contributed by atoms with Gasteiger partial charge in [0.05, 0.1) is 16.9 Å². The topological polar surface area (TPSA) is 97.6 Å². The van der Waals surface area contributed by atoms with E-state index in [2.05, 4.69) is 10.2 Å². The molecule has 1 saturated heterocycles. The van der Waals surface area contributed by atoms with Crippen LogP contribution in [0.25, 0.3) is 10.9 Å². The van der Waals surface area contributed by atoms with Crippen LogP contribution in [0, 0.1) is 11.6 Å². The van der Waals surface area contributed by atoms with Gasteiger partial charge in [0, 0.05) is 31.0 Å². The van der Waals surface area contributed by atoms with Crippen LogP contribution in [-0.4, -0.2) is 45.0 Å². The highest BCUT2D eigenvalue weighted by molar-refractivity contribution is 5.94. The van der Waals surface area contributed by atoms with Crippen LogP contribution in [-0.2, 0) is 0 Å². The highest BCUT2D eigenvalue weighted by Crippen LogP contribution is 2.40. The van der Waals surface area contributed by atoms with Crippen molar-refractivity contribution < 1.29 is 23.4 Å². The summed E-state index contributed by atoms with van der Waals surface area (Å²) < 4.78 is 38.2. The van der Waals surface area contributed by atoms with E-state index in [-0.39, 0.29) is 35.3 Å². The monoisotopic (exact) mass is 442 g/mol. The number of ether oxygens (including phenoxy) is 1. The molecule has 1 aromatic carbocycles. The Hall–Kier alpha value is -3.56. The van der Waals surface area contributed by atoms with Crippen LogP contribution in [0.15, 0.2) is 35.4 Å². The molecule has 2 aromatic heterocycles. The molecule has 0 spiro atoms. The Morgan fingerprint density at radius 1 is 1.28 bits per heavy atom. The maximum Gasteiger partial charge on any atom is 0.341 e. The third-order valence-electron chi connectivity index (χ3n) is 5.99. The van der Waals surface area contributed by atoms with E-state index >= 15 is 8.78 Å². The Labute approximate surface area is 181 Å². The first-order valence-corrected chi connectivity index (χ1v) is 10.4. The number of nitrogens with zero attached hydrogens (tertiary/aromatic N) is 4. The summed E-state index contributed by atoms with van der Waals surface area (Å²) in [7, 11) is 0. The number of anilines is 1. The lowest BCUT2D eigenvalue weighted by Gasteiger charge is -2.28. The molecule has 1 saturated carbocycles. The van der Waals surface area contributed by atoms with Crippen LogP contribution < -0.4 is 15.1 Å². The van der Waals surface area contributed by atoms with Gasteiger partial charge in [0.1, 0.15) is 23.7 Å². The molecule has 8 nitrogen and oxygen atoms in total. The largest absolute Gasteiger partial charge is 0.477 e. The quantitative estimate of drug-likeness (QED) is 0.626. The second-order valence-electron chi connectivity index (χ2n) is 8.09. The summed E-state index contributed by atoms with van der Waals surface area (Å²) >= 11 is 0. The summed E-state index contributed by atoms with van der Waals surface area (Å²) in [6.45, 7) is 0.595. The Balaban J connectivity index is 1.58. The standard InChI is InChI=1S/C22H20F2N4O4/c23-16-9-14-19(28(12-5-6-12)10-15(21(14)29)22(30)31)18(24)20(16)27-8-2-3-13(27)11-32-17-4-1-7-25-26-17/h1,4,7,9-10,12-13H,2-3,5-6,8,11H2,(H,30,31). The van der Waals surface area contributed by atoms with Gasteiger partial charge in [0.2, 0.25) is 11.3 Å². The predicted octanol–water partition coefficient (Wildman–Crippen LogP) is 3.15. The Kier molecular flexibility index (Phi) is 4.99. The van der Waals surface area contributed by atoms with Gasteiger partial charge in [0.15, 0.2) is 5.82 Å². The normalized spacial score (nSPS) is 18.3. The third kappa shape index (κ3) is 3.45. The minimum absolute atomic E-state index is 0.0561. The Bertz CT molecular complexity index is 1260. The number of carboxylic acid groups (broad SMARTS) is 1. The van der Waals surface area contributed by atoms with Gasteiger partial charge in [-0.2, -0.15) is 5.10 Å². The molecule has 3 heterocycles. The smallest absolute Gasteiger partial charge is 0.341 e. The summed E-state index contributed by atoms with van der Waals surface area (Å²) in [4.78, 5) is 25.8. The first-order valence-electron chi connectivity index (χ1n) is 10.4. The van der Waals surface area contributed by atoms with Gasteiger partial charge in [-0.15, -0.1) is 5.10 Å². The SMILES string of the molecule is O=C(O)c1cn(C2CC2)c2c(F)c(N3CCCC3COc3cccnn3)c(F)cc2c1=O. The van der Waals surface area contributed by atoms with E-state index in [1.807, 2.05) is 0 Å². The second-order valence-corrected chi connectivity index (χ2v) is 8.09. The Morgan fingerprint density at radius 2 is 2.09 bits per heavy atom. The van der Waals surface area contributed by atoms with Gasteiger partial charge in [-0.1, -0.05) is 0 Å². The molecule has 0 amide bonds. The molecule has 1 atom stereocenters. The van der Waals surface area contributed by atoms with E-state index in [9.17, 15) is 14.7 Å². The van der Waals surface area contributed by atoms with Gasteiger partial charge >= 0.3 is 5.97 Å². The second kappa shape index (κ2) is 7.85. The minimum Gasteiger partial charge on any atom is -0.477 e. The molecule has 5 rings (SSSR count). The van der Waals surface area contributed by atoms with Gasteiger partial charge in [-0.25, -0.2) is 13.6 Å². The molecule has 1 aliphatic carbocycles. The van der Waals surface area contributed by atoms with Gasteiger partial charge < -0.3 is 19.3 Å². The maximum atomic E-state index is 15.8. The first-order chi connectivity index (χ1) is 15.5. The van der Waals surface area contributed by atoms with Crippen LogP contribution in [0.2, 0.25) is 0 Å². The van der Waals surface area contributed by atoms with Crippen molar-refractivity contribution in [3.63, 3.8) is 0 Å². The zero-order chi connectivity index (χ0) is 22.4. The van der Waals surface area contributed by atoms with Crippen LogP contribution in [0.4, 0.5) is 14.5 Å². The van der Waals surface area contributed by atoms with Gasteiger partial charge in [-0.05, 0) is 37.8 Å². The molecule has 1 unspecified atom stereocenters. The molecule has 0 radical (unpaired) electrons. The minimum atomic E-state index is -1.42. The maximum absolute atomic E-state index is 15.8. The number of halogens is 2. The molecule has 3 aromatic rings. The fourth-order valence-corrected chi connectivity index (χ4v) is 4.34. The number of aromatic nitrogens is 3. The van der Waals surface area contributed by atoms with Crippen molar-refractivity contribution in [1.29, 1.82) is 0 Å². The molecular weight excluding hydrogens is 422 g/mol. The van der Waals surface area contributed by atoms with Crippen LogP contribution >= 0.6 is 0 Å². The van der Waals surface area contributed by atoms with Crippen molar-refractivity contribution in [3.05, 3.63) is 58.0 Å². The average molecular weight is 442 g/mol. The van der Waals surface area contributed by atoms with Crippen molar-refractivity contribution in [2.75, 3.05) is 18.1 Å². The number of benzene rings is 1. The van der Waals surface area contributed by atoms with Crippen molar-refractivity contribution in [3.8, 4) is 5.88 Å². The molecule has 1 aliphatic heterocycles. The first kappa shape index (κ1) is 20.3. The summed E-state index contributed by atoms with van der Waals surface area (Å²) in [6.07, 6.45) is 5.56. The molecule has 0 bridgehead atoms. The van der Waals surface area contributed by atoms with E-state index in [1.165, 1.54) is 17.0 Å². The van der Waals surface area contributed by atoms with Crippen LogP contribution in [0.5, 0.6) is 5.88 Å². The average Bonchev–Trinajstić information content (AvgIpc) is 3.52. The zero-order valence-electron chi connectivity index (χ0n) is 17.0. The molecule has 1 N–H and O–H groups in total. The fourth-order valence-electron chi connectivity index (χ4n) is 4.34. The summed E-state index contributed by atoms with van der Waals surface area (Å²) in [5, 5.41) is 16.7. The number of rotatable bonds is 6. The number of hydrogen-bond donors (Lipinski definition) is 1. The molecule has 2 fully saturated rings. The van der Waals surface area contributed by atoms with Crippen molar-refractivity contribution in [2.24, 2.45) is 0 Å². The molecular formula is C22H20F2N4O4. The van der Waals surface area contributed by atoms with Crippen LogP contribution in [0.1, 0.15) is 42.1 Å². The number of carboxylic acids is 1. The number of pyridine rings is 1. The van der Waals surface area contributed by atoms with Crippen molar-refractivity contribution in [2.45, 2.75) is 37.8 Å². The van der Waals surface area contributed by atoms with E-state index < -0.39 is 28.6 Å². The van der Waals surface area contributed by atoms with Gasteiger partial charge in [-0.3, -0.25) is 4.79 Å². The predicted molar refractivity (Wildman–Crippen MR) is 111 cm³/mol. The number of carbonyl (C=O) groups is 1. The lowest BCUT2D eigenvalue weighted by Crippen LogP contribution is -2.36. The highest BCUT2D eigenvalue weighted by atomic mass is 19.1. The van der Waals surface area contributed by atoms with E-state index in [0.717, 1.165) is 25.3 Å². The van der Waals surface area contributed by atoms with Crippen molar-refractivity contribution >= 4 is 22.6 Å². The number of fused-ring (bicyclic) bond motifs is 1. The highest BCUT2D eigenvalue weighted by Gasteiger charge is 2.34. The lowest BCUT2D eigenvalue weighted by molar-refractivity contribution is 0.0694. The summed E-state index contributed by atoms with van der Waals surface area (Å²) in [5.74, 6) is -2.85. The molecule has 10 heteroatoms. The zero-order valence-corrected chi connectivity index (χ0v) is 17.0. The summed E-state index contributed by atoms with van der Waals surface area (Å²) in [6, 6.07) is 3.88. The van der Waals surface area contributed by atoms with Crippen molar-refractivity contribution in [1.82, 2.24) is 14.8 Å². The van der Waals surface area contributed by atoms with E-state index in [0.29, 0.717) is 18.8 Å². The van der Waals surface area contributed by atoms with E-state index in [1.54, 1.807) is 17.0 Å². The summed E-state index contributed by atoms with van der Waals surface area (Å²) in [5.41, 5.74) is -1.66. The third-order valence-corrected chi connectivity index (χ3v) is 5.99. The molecule has 166 valence electrons. The number of aromatic carboxylic acids is 1. The fraction of sp³-hybridized carbons (Fsp3) is 0.364. The Morgan fingerprint density at radius 3 is 2.78 bits per heavy atom. The van der Waals surface area contributed by atoms with E-state index in [4.69, 9.17) is 4.74 Å². The van der Waals surface area contributed by atoms with Gasteiger partial charge in [0.25, 0.3) is 0 Å². The lowest BCUT2D eigenvalue weighted by atomic mass is 10.1. The molecule has 32 heavy (non-hydrogen) atoms. The van der Waals surface area contributed by atoms with Crippen LogP contribution in [0.3, 0.4) is 0 Å². The number of hydrogen-bond acceptors (Lipinski definition) is 6. The molecule has 2 aliphatic rings.